The minimum absolute atomic E-state index is 0.0109. The number of nitrogens with one attached hydrogen (secondary N) is 1. The Balaban J connectivity index is 2.38. The smallest absolute Gasteiger partial charge is 0.254 e. The van der Waals surface area contributed by atoms with Gasteiger partial charge in [0.15, 0.2) is 0 Å². The second kappa shape index (κ2) is 5.86. The number of rotatable bonds is 3. The van der Waals surface area contributed by atoms with E-state index in [2.05, 4.69) is 15.3 Å². The molecule has 2 aromatic rings. The Morgan fingerprint density at radius 3 is 2.79 bits per heavy atom. The van der Waals surface area contributed by atoms with Crippen molar-refractivity contribution in [2.75, 3.05) is 7.05 Å². The molecule has 1 aromatic heterocycles. The Kier molecular flexibility index (Phi) is 4.19. The molecule has 1 heterocycles. The van der Waals surface area contributed by atoms with Crippen molar-refractivity contribution in [2.45, 2.75) is 0 Å². The summed E-state index contributed by atoms with van der Waals surface area (Å²) in [5.74, 6) is 0.156. The van der Waals surface area contributed by atoms with Gasteiger partial charge >= 0.3 is 0 Å². The monoisotopic (exact) mass is 297 g/mol. The normalized spacial score (nSPS) is 10.1. The number of carbonyl (C=O) groups excluding carboxylic acids is 1. The van der Waals surface area contributed by atoms with Crippen molar-refractivity contribution in [3.05, 3.63) is 46.3 Å². The van der Waals surface area contributed by atoms with E-state index < -0.39 is 0 Å². The van der Waals surface area contributed by atoms with Crippen LogP contribution in [-0.2, 0) is 0 Å². The Morgan fingerprint density at radius 1 is 1.32 bits per heavy atom. The fourth-order valence-electron chi connectivity index (χ4n) is 1.38. The summed E-state index contributed by atoms with van der Waals surface area (Å²) in [5, 5.41) is 2.74. The van der Waals surface area contributed by atoms with Crippen LogP contribution in [0.3, 0.4) is 0 Å². The fourth-order valence-corrected chi connectivity index (χ4v) is 1.64. The van der Waals surface area contributed by atoms with Crippen molar-refractivity contribution in [1.82, 2.24) is 15.3 Å². The van der Waals surface area contributed by atoms with Crippen LogP contribution in [0.25, 0.3) is 0 Å². The third-order valence-corrected chi connectivity index (χ3v) is 2.69. The third kappa shape index (κ3) is 3.13. The van der Waals surface area contributed by atoms with Gasteiger partial charge in [0.2, 0.25) is 11.2 Å². The molecule has 1 aromatic carbocycles. The van der Waals surface area contributed by atoms with Crippen molar-refractivity contribution in [3.63, 3.8) is 0 Å². The molecule has 0 bridgehead atoms. The van der Waals surface area contributed by atoms with Gasteiger partial charge in [-0.2, -0.15) is 4.98 Å². The minimum atomic E-state index is -0.271. The SMILES string of the molecule is CNC(=O)c1ccccc1Oc1nc(Cl)ncc1Cl. The molecule has 19 heavy (non-hydrogen) atoms. The maximum atomic E-state index is 11.7. The van der Waals surface area contributed by atoms with E-state index in [1.165, 1.54) is 13.2 Å². The van der Waals surface area contributed by atoms with Gasteiger partial charge in [-0.25, -0.2) is 4.98 Å². The summed E-state index contributed by atoms with van der Waals surface area (Å²) >= 11 is 11.6. The van der Waals surface area contributed by atoms with E-state index >= 15 is 0 Å². The van der Waals surface area contributed by atoms with Crippen LogP contribution in [0.2, 0.25) is 10.3 Å². The lowest BCUT2D eigenvalue weighted by Gasteiger charge is -2.10. The zero-order valence-electron chi connectivity index (χ0n) is 9.85. The van der Waals surface area contributed by atoms with Crippen LogP contribution in [-0.4, -0.2) is 22.9 Å². The zero-order valence-corrected chi connectivity index (χ0v) is 11.4. The van der Waals surface area contributed by atoms with Crippen LogP contribution >= 0.6 is 23.2 Å². The molecule has 1 amide bonds. The molecule has 7 heteroatoms. The van der Waals surface area contributed by atoms with E-state index in [9.17, 15) is 4.79 Å². The fraction of sp³-hybridized carbons (Fsp3) is 0.0833. The molecule has 0 fully saturated rings. The lowest BCUT2D eigenvalue weighted by molar-refractivity contribution is 0.0961. The predicted octanol–water partition coefficient (Wildman–Crippen LogP) is 2.94. The number of aromatic nitrogens is 2. The molecular formula is C12H9Cl2N3O2. The molecule has 2 rings (SSSR count). The number of para-hydroxylation sites is 1. The summed E-state index contributed by atoms with van der Waals surface area (Å²) in [5.41, 5.74) is 0.371. The molecule has 98 valence electrons. The number of ether oxygens (including phenoxy) is 1. The van der Waals surface area contributed by atoms with E-state index in [4.69, 9.17) is 27.9 Å². The van der Waals surface area contributed by atoms with Crippen LogP contribution in [0, 0.1) is 0 Å². The van der Waals surface area contributed by atoms with E-state index in [0.717, 1.165) is 0 Å². The summed E-state index contributed by atoms with van der Waals surface area (Å²) in [7, 11) is 1.54. The highest BCUT2D eigenvalue weighted by atomic mass is 35.5. The minimum Gasteiger partial charge on any atom is -0.437 e. The van der Waals surface area contributed by atoms with Crippen LogP contribution in [0.4, 0.5) is 0 Å². The first-order chi connectivity index (χ1) is 9.11. The quantitative estimate of drug-likeness (QED) is 0.885. The Bertz CT molecular complexity index is 620. The average molecular weight is 298 g/mol. The van der Waals surface area contributed by atoms with Gasteiger partial charge in [0, 0.05) is 7.05 Å². The maximum Gasteiger partial charge on any atom is 0.254 e. The van der Waals surface area contributed by atoms with Crippen LogP contribution in [0.15, 0.2) is 30.5 Å². The molecule has 0 radical (unpaired) electrons. The number of hydrogen-bond acceptors (Lipinski definition) is 4. The Morgan fingerprint density at radius 2 is 2.05 bits per heavy atom. The van der Waals surface area contributed by atoms with Crippen molar-refractivity contribution < 1.29 is 9.53 Å². The van der Waals surface area contributed by atoms with Gasteiger partial charge < -0.3 is 10.1 Å². The van der Waals surface area contributed by atoms with Crippen molar-refractivity contribution in [1.29, 1.82) is 0 Å². The van der Waals surface area contributed by atoms with Crippen molar-refractivity contribution >= 4 is 29.1 Å². The van der Waals surface area contributed by atoms with Gasteiger partial charge in [-0.1, -0.05) is 23.7 Å². The molecule has 0 unspecified atom stereocenters. The van der Waals surface area contributed by atoms with Crippen molar-refractivity contribution in [2.24, 2.45) is 0 Å². The molecule has 0 spiro atoms. The molecule has 0 aliphatic rings. The molecule has 0 aliphatic heterocycles. The molecular weight excluding hydrogens is 289 g/mol. The van der Waals surface area contributed by atoms with Gasteiger partial charge in [-0.15, -0.1) is 0 Å². The van der Waals surface area contributed by atoms with E-state index in [1.54, 1.807) is 24.3 Å². The first-order valence-corrected chi connectivity index (χ1v) is 6.04. The van der Waals surface area contributed by atoms with E-state index in [-0.39, 0.29) is 22.1 Å². The third-order valence-electron chi connectivity index (χ3n) is 2.25. The lowest BCUT2D eigenvalue weighted by atomic mass is 10.2. The zero-order chi connectivity index (χ0) is 13.8. The number of nitrogens with zero attached hydrogens (tertiary/aromatic N) is 2. The number of carbonyl (C=O) groups is 1. The van der Waals surface area contributed by atoms with Gasteiger partial charge in [0.05, 0.1) is 11.8 Å². The van der Waals surface area contributed by atoms with Gasteiger partial charge in [0.1, 0.15) is 10.8 Å². The highest BCUT2D eigenvalue weighted by molar-refractivity contribution is 6.32. The highest BCUT2D eigenvalue weighted by Gasteiger charge is 2.13. The average Bonchev–Trinajstić information content (AvgIpc) is 2.42. The Hall–Kier alpha value is -1.85. The molecule has 1 N–H and O–H groups in total. The second-order valence-electron chi connectivity index (χ2n) is 3.47. The first-order valence-electron chi connectivity index (χ1n) is 5.29. The number of halogens is 2. The van der Waals surface area contributed by atoms with Crippen molar-refractivity contribution in [3.8, 4) is 11.6 Å². The van der Waals surface area contributed by atoms with Crippen LogP contribution < -0.4 is 10.1 Å². The lowest BCUT2D eigenvalue weighted by Crippen LogP contribution is -2.18. The van der Waals surface area contributed by atoms with E-state index in [1.807, 2.05) is 0 Å². The Labute approximate surface area is 119 Å². The summed E-state index contributed by atoms with van der Waals surface area (Å²) in [4.78, 5) is 19.3. The van der Waals surface area contributed by atoms with Crippen LogP contribution in [0.5, 0.6) is 11.6 Å². The maximum absolute atomic E-state index is 11.7. The summed E-state index contributed by atoms with van der Waals surface area (Å²) < 4.78 is 5.52. The topological polar surface area (TPSA) is 64.1 Å². The summed E-state index contributed by atoms with van der Waals surface area (Å²) in [6, 6.07) is 6.73. The molecule has 5 nitrogen and oxygen atoms in total. The van der Waals surface area contributed by atoms with Gasteiger partial charge in [-0.3, -0.25) is 4.79 Å². The first kappa shape index (κ1) is 13.6. The molecule has 0 aliphatic carbocycles. The van der Waals surface area contributed by atoms with E-state index in [0.29, 0.717) is 11.3 Å². The highest BCUT2D eigenvalue weighted by Crippen LogP contribution is 2.29. The van der Waals surface area contributed by atoms with Crippen LogP contribution in [0.1, 0.15) is 10.4 Å². The summed E-state index contributed by atoms with van der Waals surface area (Å²) in [6.45, 7) is 0. The predicted molar refractivity (Wildman–Crippen MR) is 72.0 cm³/mol. The second-order valence-corrected chi connectivity index (χ2v) is 4.21. The van der Waals surface area contributed by atoms with Gasteiger partial charge in [0.25, 0.3) is 5.91 Å². The number of hydrogen-bond donors (Lipinski definition) is 1. The number of benzene rings is 1. The molecule has 0 saturated heterocycles. The van der Waals surface area contributed by atoms with Gasteiger partial charge in [-0.05, 0) is 23.7 Å². The summed E-state index contributed by atoms with van der Waals surface area (Å²) in [6.07, 6.45) is 1.33. The molecule has 0 atom stereocenters. The molecule has 0 saturated carbocycles. The number of amides is 1. The standard InChI is InChI=1S/C12H9Cl2N3O2/c1-15-10(18)7-4-2-3-5-9(7)19-11-8(13)6-16-12(14)17-11/h2-6H,1H3,(H,15,18). The largest absolute Gasteiger partial charge is 0.437 e.